The van der Waals surface area contributed by atoms with Gasteiger partial charge in [-0.2, -0.15) is 0 Å². The van der Waals surface area contributed by atoms with Crippen LogP contribution in [0.2, 0.25) is 0 Å². The molecule has 164 valence electrons. The number of aromatic nitrogens is 3. The lowest BCUT2D eigenvalue weighted by Crippen LogP contribution is -2.38. The molecule has 1 aliphatic rings. The van der Waals surface area contributed by atoms with E-state index in [1.807, 2.05) is 47.7 Å². The van der Waals surface area contributed by atoms with Gasteiger partial charge in [0.1, 0.15) is 10.5 Å². The van der Waals surface area contributed by atoms with Crippen molar-refractivity contribution < 1.29 is 9.59 Å². The van der Waals surface area contributed by atoms with Gasteiger partial charge >= 0.3 is 0 Å². The number of unbranched alkanes of at least 4 members (excludes halogenated alkanes) is 1. The van der Waals surface area contributed by atoms with Crippen molar-refractivity contribution in [2.75, 3.05) is 19.6 Å². The summed E-state index contributed by atoms with van der Waals surface area (Å²) >= 11 is 1.50. The second-order valence-electron chi connectivity index (χ2n) is 8.25. The Morgan fingerprint density at radius 1 is 1.19 bits per heavy atom. The minimum absolute atomic E-state index is 0.0454. The fourth-order valence-corrected chi connectivity index (χ4v) is 5.10. The first-order valence-corrected chi connectivity index (χ1v) is 11.8. The Balaban J connectivity index is 1.14. The third-order valence-corrected chi connectivity index (χ3v) is 7.04. The number of carbonyl (C=O) groups excluding carboxylic acids is 2. The van der Waals surface area contributed by atoms with E-state index in [1.54, 1.807) is 6.20 Å². The monoisotopic (exact) mass is 439 g/mol. The van der Waals surface area contributed by atoms with Crippen LogP contribution in [0.25, 0.3) is 5.65 Å². The molecule has 1 aliphatic heterocycles. The molecule has 4 rings (SSSR count). The maximum Gasteiger partial charge on any atom is 0.265 e. The summed E-state index contributed by atoms with van der Waals surface area (Å²) in [5, 5.41) is 3.96. The molecule has 0 aromatic carbocycles. The second-order valence-corrected chi connectivity index (χ2v) is 9.45. The van der Waals surface area contributed by atoms with Crippen LogP contribution in [-0.2, 0) is 0 Å². The van der Waals surface area contributed by atoms with Crippen LogP contribution in [0, 0.1) is 19.8 Å². The molecule has 1 N–H and O–H groups in total. The minimum Gasteiger partial charge on any atom is -0.352 e. The van der Waals surface area contributed by atoms with Crippen LogP contribution in [0.1, 0.15) is 62.8 Å². The second kappa shape index (κ2) is 9.60. The van der Waals surface area contributed by atoms with Gasteiger partial charge in [-0.1, -0.05) is 12.8 Å². The summed E-state index contributed by atoms with van der Waals surface area (Å²) in [6.07, 6.45) is 10.7. The topological polar surface area (TPSA) is 79.6 Å². The molecule has 4 heterocycles. The van der Waals surface area contributed by atoms with Gasteiger partial charge in [0.05, 0.1) is 16.3 Å². The van der Waals surface area contributed by atoms with E-state index in [4.69, 9.17) is 0 Å². The van der Waals surface area contributed by atoms with Crippen LogP contribution in [0.15, 0.2) is 30.7 Å². The lowest BCUT2D eigenvalue weighted by molar-refractivity contribution is 0.0689. The number of nitrogens with zero attached hydrogens (tertiary/aromatic N) is 4. The molecular formula is C23H29N5O2S. The zero-order valence-electron chi connectivity index (χ0n) is 18.1. The van der Waals surface area contributed by atoms with E-state index in [2.05, 4.69) is 15.3 Å². The Bertz CT molecular complexity index is 1070. The average Bonchev–Trinajstić information content (AvgIpc) is 3.38. The number of imidazole rings is 1. The smallest absolute Gasteiger partial charge is 0.265 e. The fraction of sp³-hybridized carbons (Fsp3) is 0.478. The molecule has 1 saturated heterocycles. The third kappa shape index (κ3) is 5.12. The summed E-state index contributed by atoms with van der Waals surface area (Å²) in [6, 6.07) is 3.66. The van der Waals surface area contributed by atoms with Crippen molar-refractivity contribution >= 4 is 28.8 Å². The molecule has 0 atom stereocenters. The molecule has 7 nitrogen and oxygen atoms in total. The Morgan fingerprint density at radius 3 is 2.74 bits per heavy atom. The van der Waals surface area contributed by atoms with Crippen molar-refractivity contribution in [2.45, 2.75) is 46.0 Å². The van der Waals surface area contributed by atoms with Gasteiger partial charge in [0.15, 0.2) is 0 Å². The number of thiazole rings is 1. The third-order valence-electron chi connectivity index (χ3n) is 5.98. The van der Waals surface area contributed by atoms with E-state index < -0.39 is 0 Å². The van der Waals surface area contributed by atoms with E-state index in [9.17, 15) is 9.59 Å². The number of fused-ring (bicyclic) bond motifs is 1. The van der Waals surface area contributed by atoms with E-state index in [0.717, 1.165) is 66.4 Å². The summed E-state index contributed by atoms with van der Waals surface area (Å²) in [4.78, 5) is 36.4. The molecule has 3 aromatic rings. The molecule has 0 saturated carbocycles. The maximum atomic E-state index is 12.7. The highest BCUT2D eigenvalue weighted by Crippen LogP contribution is 2.26. The molecule has 0 radical (unpaired) electrons. The SMILES string of the molecule is Cc1nc(C)c(C(=O)N2CCC(CCCCNC(=O)c3ccc4nccn4c3)CC2)s1. The predicted octanol–water partition coefficient (Wildman–Crippen LogP) is 3.86. The Morgan fingerprint density at radius 2 is 2.00 bits per heavy atom. The highest BCUT2D eigenvalue weighted by Gasteiger charge is 2.25. The number of carbonyl (C=O) groups is 2. The van der Waals surface area contributed by atoms with E-state index in [1.165, 1.54) is 11.3 Å². The van der Waals surface area contributed by atoms with E-state index in [0.29, 0.717) is 18.0 Å². The summed E-state index contributed by atoms with van der Waals surface area (Å²) in [6.45, 7) is 6.20. The van der Waals surface area contributed by atoms with Crippen molar-refractivity contribution in [3.05, 3.63) is 51.9 Å². The summed E-state index contributed by atoms with van der Waals surface area (Å²) < 4.78 is 1.85. The van der Waals surface area contributed by atoms with Gasteiger partial charge in [-0.3, -0.25) is 9.59 Å². The standard InChI is InChI=1S/C23H29N5O2S/c1-16-21(31-17(2)26-16)23(30)27-12-8-18(9-13-27)5-3-4-10-25-22(29)19-6-7-20-24-11-14-28(20)15-19/h6-7,11,14-15,18H,3-5,8-10,12-13H2,1-2H3,(H,25,29). The maximum absolute atomic E-state index is 12.7. The van der Waals surface area contributed by atoms with E-state index >= 15 is 0 Å². The van der Waals surface area contributed by atoms with Crippen LogP contribution in [0.4, 0.5) is 0 Å². The quantitative estimate of drug-likeness (QED) is 0.567. The Hall–Kier alpha value is -2.74. The first kappa shape index (κ1) is 21.5. The number of amides is 2. The molecule has 1 fully saturated rings. The van der Waals surface area contributed by atoms with Gasteiger partial charge in [-0.05, 0) is 51.2 Å². The van der Waals surface area contributed by atoms with Crippen LogP contribution >= 0.6 is 11.3 Å². The molecule has 3 aromatic heterocycles. The average molecular weight is 440 g/mol. The molecule has 8 heteroatoms. The van der Waals surface area contributed by atoms with Gasteiger partial charge in [-0.15, -0.1) is 11.3 Å². The summed E-state index contributed by atoms with van der Waals surface area (Å²) in [5.41, 5.74) is 2.33. The van der Waals surface area contributed by atoms with Crippen molar-refractivity contribution in [2.24, 2.45) is 5.92 Å². The molecule has 0 spiro atoms. The number of hydrogen-bond acceptors (Lipinski definition) is 5. The first-order valence-electron chi connectivity index (χ1n) is 11.0. The van der Waals surface area contributed by atoms with Crippen LogP contribution in [0.5, 0.6) is 0 Å². The zero-order chi connectivity index (χ0) is 21.8. The van der Waals surface area contributed by atoms with Crippen LogP contribution in [0.3, 0.4) is 0 Å². The summed E-state index contributed by atoms with van der Waals surface area (Å²) in [5.74, 6) is 0.752. The lowest BCUT2D eigenvalue weighted by Gasteiger charge is -2.32. The number of rotatable bonds is 7. The number of likely N-dealkylation sites (tertiary alicyclic amines) is 1. The van der Waals surface area contributed by atoms with Gasteiger partial charge < -0.3 is 14.6 Å². The van der Waals surface area contributed by atoms with Crippen molar-refractivity contribution in [1.29, 1.82) is 0 Å². The molecular weight excluding hydrogens is 410 g/mol. The molecule has 0 bridgehead atoms. The van der Waals surface area contributed by atoms with Gasteiger partial charge in [0.25, 0.3) is 11.8 Å². The normalized spacial score (nSPS) is 14.8. The minimum atomic E-state index is -0.0454. The molecule has 2 amide bonds. The van der Waals surface area contributed by atoms with Crippen LogP contribution < -0.4 is 5.32 Å². The lowest BCUT2D eigenvalue weighted by atomic mass is 9.91. The summed E-state index contributed by atoms with van der Waals surface area (Å²) in [7, 11) is 0. The van der Waals surface area contributed by atoms with Crippen molar-refractivity contribution in [3.63, 3.8) is 0 Å². The number of piperidine rings is 1. The van der Waals surface area contributed by atoms with Crippen LogP contribution in [-0.4, -0.2) is 50.7 Å². The van der Waals surface area contributed by atoms with Gasteiger partial charge in [0, 0.05) is 38.2 Å². The number of nitrogens with one attached hydrogen (secondary N) is 1. The first-order chi connectivity index (χ1) is 15.0. The highest BCUT2D eigenvalue weighted by atomic mass is 32.1. The molecule has 0 aliphatic carbocycles. The van der Waals surface area contributed by atoms with Gasteiger partial charge in [0.2, 0.25) is 0 Å². The number of pyridine rings is 1. The van der Waals surface area contributed by atoms with Crippen molar-refractivity contribution in [3.8, 4) is 0 Å². The fourth-order valence-electron chi connectivity index (χ4n) is 4.21. The molecule has 31 heavy (non-hydrogen) atoms. The predicted molar refractivity (Wildman–Crippen MR) is 122 cm³/mol. The largest absolute Gasteiger partial charge is 0.352 e. The molecule has 0 unspecified atom stereocenters. The number of hydrogen-bond donors (Lipinski definition) is 1. The van der Waals surface area contributed by atoms with E-state index in [-0.39, 0.29) is 11.8 Å². The van der Waals surface area contributed by atoms with Crippen molar-refractivity contribution in [1.82, 2.24) is 24.6 Å². The Labute approximate surface area is 186 Å². The Kier molecular flexibility index (Phi) is 6.65. The van der Waals surface area contributed by atoms with Gasteiger partial charge in [-0.25, -0.2) is 9.97 Å². The highest BCUT2D eigenvalue weighted by molar-refractivity contribution is 7.13. The number of aryl methyl sites for hydroxylation is 2. The zero-order valence-corrected chi connectivity index (χ0v) is 19.0.